The predicted molar refractivity (Wildman–Crippen MR) is 61.4 cm³/mol. The highest BCUT2D eigenvalue weighted by Gasteiger charge is 1.99. The number of nitrogens with zero attached hydrogens (tertiary/aromatic N) is 1. The second-order valence-corrected chi connectivity index (χ2v) is 5.15. The zero-order valence-corrected chi connectivity index (χ0v) is 9.80. The molecule has 0 heterocycles. The van der Waals surface area contributed by atoms with Gasteiger partial charge in [-0.05, 0) is 19.4 Å². The smallest absolute Gasteiger partial charge is 0.206 e. The van der Waals surface area contributed by atoms with Crippen LogP contribution in [0.15, 0.2) is 29.4 Å². The molecule has 82 valence electrons. The summed E-state index contributed by atoms with van der Waals surface area (Å²) in [6.07, 6.45) is 1.07. The van der Waals surface area contributed by atoms with Crippen molar-refractivity contribution in [3.05, 3.63) is 35.4 Å². The van der Waals surface area contributed by atoms with E-state index in [9.17, 15) is 8.42 Å². The van der Waals surface area contributed by atoms with Crippen molar-refractivity contribution in [2.24, 2.45) is 5.10 Å². The number of rotatable bonds is 3. The minimum atomic E-state index is -3.27. The molecule has 0 unspecified atom stereocenters. The van der Waals surface area contributed by atoms with E-state index in [1.54, 1.807) is 6.92 Å². The summed E-state index contributed by atoms with van der Waals surface area (Å²) >= 11 is 0. The van der Waals surface area contributed by atoms with Gasteiger partial charge in [-0.2, -0.15) is 5.10 Å². The average molecular weight is 226 g/mol. The lowest BCUT2D eigenvalue weighted by Gasteiger charge is -2.02. The summed E-state index contributed by atoms with van der Waals surface area (Å²) in [7, 11) is -3.27. The largest absolute Gasteiger partial charge is 0.244 e. The van der Waals surface area contributed by atoms with Crippen LogP contribution >= 0.6 is 0 Å². The van der Waals surface area contributed by atoms with Crippen molar-refractivity contribution in [2.75, 3.05) is 6.26 Å². The van der Waals surface area contributed by atoms with Crippen LogP contribution in [0.3, 0.4) is 0 Å². The maximum absolute atomic E-state index is 10.8. The number of hydrogen-bond donors (Lipinski definition) is 1. The fraction of sp³-hybridized carbons (Fsp3) is 0.300. The minimum Gasteiger partial charge on any atom is -0.206 e. The quantitative estimate of drug-likeness (QED) is 0.623. The molecule has 0 aliphatic rings. The van der Waals surface area contributed by atoms with E-state index in [2.05, 4.69) is 9.93 Å². The van der Waals surface area contributed by atoms with E-state index in [0.29, 0.717) is 5.71 Å². The Morgan fingerprint density at radius 3 is 2.27 bits per heavy atom. The molecular formula is C10H14N2O2S. The highest BCUT2D eigenvalue weighted by molar-refractivity contribution is 7.88. The van der Waals surface area contributed by atoms with E-state index in [1.807, 2.05) is 31.2 Å². The molecule has 1 aromatic rings. The Bertz CT molecular complexity index is 461. The van der Waals surface area contributed by atoms with Crippen molar-refractivity contribution in [1.29, 1.82) is 0 Å². The molecule has 0 spiro atoms. The van der Waals surface area contributed by atoms with E-state index >= 15 is 0 Å². The van der Waals surface area contributed by atoms with Gasteiger partial charge in [0.2, 0.25) is 10.0 Å². The molecule has 0 saturated carbocycles. The van der Waals surface area contributed by atoms with E-state index in [0.717, 1.165) is 17.4 Å². The van der Waals surface area contributed by atoms with Crippen LogP contribution in [0.5, 0.6) is 0 Å². The lowest BCUT2D eigenvalue weighted by Crippen LogP contribution is -2.17. The lowest BCUT2D eigenvalue weighted by molar-refractivity contribution is 0.590. The molecule has 5 heteroatoms. The number of aryl methyl sites for hydroxylation is 1. The third-order valence-corrected chi connectivity index (χ3v) is 2.27. The van der Waals surface area contributed by atoms with Gasteiger partial charge in [0, 0.05) is 0 Å². The Morgan fingerprint density at radius 1 is 1.27 bits per heavy atom. The van der Waals surface area contributed by atoms with Gasteiger partial charge >= 0.3 is 0 Å². The molecule has 0 aliphatic carbocycles. The lowest BCUT2D eigenvalue weighted by atomic mass is 10.1. The first-order valence-electron chi connectivity index (χ1n) is 4.46. The van der Waals surface area contributed by atoms with Gasteiger partial charge in [0.1, 0.15) is 0 Å². The Labute approximate surface area is 90.1 Å². The van der Waals surface area contributed by atoms with Crippen LogP contribution in [-0.2, 0) is 10.0 Å². The number of sulfonamides is 1. The summed E-state index contributed by atoms with van der Waals surface area (Å²) in [6, 6.07) is 7.71. The summed E-state index contributed by atoms with van der Waals surface area (Å²) in [4.78, 5) is 2.09. The van der Waals surface area contributed by atoms with Crippen molar-refractivity contribution < 1.29 is 8.42 Å². The van der Waals surface area contributed by atoms with Gasteiger partial charge in [0.25, 0.3) is 0 Å². The van der Waals surface area contributed by atoms with Gasteiger partial charge in [-0.3, -0.25) is 0 Å². The Hall–Kier alpha value is -1.36. The summed E-state index contributed by atoms with van der Waals surface area (Å²) in [6.45, 7) is 3.74. The molecule has 0 aliphatic heterocycles. The third-order valence-electron chi connectivity index (χ3n) is 1.85. The van der Waals surface area contributed by atoms with Crippen molar-refractivity contribution in [2.45, 2.75) is 13.8 Å². The standard InChI is InChI=1S/C10H14N2O2S/c1-8-4-6-10(7-5-8)9(2)11-12-15(3,13)14/h4-7,12H,1-3H3. The van der Waals surface area contributed by atoms with Crippen molar-refractivity contribution in [1.82, 2.24) is 4.83 Å². The highest BCUT2D eigenvalue weighted by Crippen LogP contribution is 2.04. The van der Waals surface area contributed by atoms with Crippen molar-refractivity contribution in [3.8, 4) is 0 Å². The fourth-order valence-electron chi connectivity index (χ4n) is 1.01. The van der Waals surface area contributed by atoms with E-state index in [4.69, 9.17) is 0 Å². The monoisotopic (exact) mass is 226 g/mol. The molecule has 0 fully saturated rings. The van der Waals surface area contributed by atoms with Crippen LogP contribution in [0.1, 0.15) is 18.1 Å². The molecule has 1 N–H and O–H groups in total. The van der Waals surface area contributed by atoms with E-state index in [1.165, 1.54) is 0 Å². The van der Waals surface area contributed by atoms with Gasteiger partial charge in [0.15, 0.2) is 0 Å². The number of nitrogens with one attached hydrogen (secondary N) is 1. The molecule has 1 aromatic carbocycles. The second-order valence-electron chi connectivity index (χ2n) is 3.43. The first kappa shape index (κ1) is 11.7. The Kier molecular flexibility index (Phi) is 3.47. The molecule has 1 rings (SSSR count). The molecule has 15 heavy (non-hydrogen) atoms. The summed E-state index contributed by atoms with van der Waals surface area (Å²) in [5, 5.41) is 3.77. The summed E-state index contributed by atoms with van der Waals surface area (Å²) in [5.41, 5.74) is 2.69. The maximum atomic E-state index is 10.8. The van der Waals surface area contributed by atoms with Gasteiger partial charge in [0.05, 0.1) is 12.0 Å². The van der Waals surface area contributed by atoms with E-state index < -0.39 is 10.0 Å². The molecule has 0 bridgehead atoms. The highest BCUT2D eigenvalue weighted by atomic mass is 32.2. The van der Waals surface area contributed by atoms with Crippen LogP contribution in [-0.4, -0.2) is 20.4 Å². The maximum Gasteiger partial charge on any atom is 0.244 e. The fourth-order valence-corrected chi connectivity index (χ4v) is 1.31. The Balaban J connectivity index is 2.85. The predicted octanol–water partition coefficient (Wildman–Crippen LogP) is 1.27. The van der Waals surface area contributed by atoms with Gasteiger partial charge in [-0.1, -0.05) is 29.8 Å². The summed E-state index contributed by atoms with van der Waals surface area (Å²) < 4.78 is 21.6. The van der Waals surface area contributed by atoms with Crippen LogP contribution in [0, 0.1) is 6.92 Å². The van der Waals surface area contributed by atoms with Gasteiger partial charge in [-0.25, -0.2) is 13.2 Å². The zero-order chi connectivity index (χ0) is 11.5. The summed E-state index contributed by atoms with van der Waals surface area (Å²) in [5.74, 6) is 0. The first-order chi connectivity index (χ1) is 6.88. The molecule has 0 aromatic heterocycles. The van der Waals surface area contributed by atoms with Crippen LogP contribution < -0.4 is 4.83 Å². The van der Waals surface area contributed by atoms with E-state index in [-0.39, 0.29) is 0 Å². The molecule has 0 radical (unpaired) electrons. The average Bonchev–Trinajstić information content (AvgIpc) is 2.14. The molecule has 0 amide bonds. The Morgan fingerprint density at radius 2 is 1.80 bits per heavy atom. The van der Waals surface area contributed by atoms with Crippen LogP contribution in [0.25, 0.3) is 0 Å². The van der Waals surface area contributed by atoms with Crippen molar-refractivity contribution in [3.63, 3.8) is 0 Å². The van der Waals surface area contributed by atoms with Gasteiger partial charge in [-0.15, -0.1) is 0 Å². The molecule has 4 nitrogen and oxygen atoms in total. The zero-order valence-electron chi connectivity index (χ0n) is 8.98. The normalized spacial score (nSPS) is 12.6. The van der Waals surface area contributed by atoms with Crippen LogP contribution in [0.2, 0.25) is 0 Å². The number of hydrazone groups is 1. The minimum absolute atomic E-state index is 0.639. The first-order valence-corrected chi connectivity index (χ1v) is 6.36. The van der Waals surface area contributed by atoms with Crippen LogP contribution in [0.4, 0.5) is 0 Å². The molecule has 0 atom stereocenters. The second kappa shape index (κ2) is 4.44. The topological polar surface area (TPSA) is 58.5 Å². The molecule has 0 saturated heterocycles. The van der Waals surface area contributed by atoms with Crippen molar-refractivity contribution >= 4 is 15.7 Å². The van der Waals surface area contributed by atoms with Gasteiger partial charge < -0.3 is 0 Å². The SMILES string of the molecule is CC(=NNS(C)(=O)=O)c1ccc(C)cc1. The third kappa shape index (κ3) is 4.12. The number of benzene rings is 1. The molecular weight excluding hydrogens is 212 g/mol. The number of hydrogen-bond acceptors (Lipinski definition) is 3.